The smallest absolute Gasteiger partial charge is 0.274 e. The van der Waals surface area contributed by atoms with E-state index in [0.29, 0.717) is 24.0 Å². The Morgan fingerprint density at radius 3 is 2.96 bits per heavy atom. The SMILES string of the molecule is CCCc1nc(C(=O)N2CCCCC2c2nc(C(C)C)no2)cs1. The molecule has 1 atom stereocenters. The van der Waals surface area contributed by atoms with Crippen LogP contribution in [0.2, 0.25) is 0 Å². The molecule has 0 bridgehead atoms. The van der Waals surface area contributed by atoms with Gasteiger partial charge in [-0.05, 0) is 32.1 Å². The first-order chi connectivity index (χ1) is 11.6. The van der Waals surface area contributed by atoms with Crippen molar-refractivity contribution in [3.8, 4) is 0 Å². The molecular formula is C17H24N4O2S. The predicted molar refractivity (Wildman–Crippen MR) is 92.1 cm³/mol. The van der Waals surface area contributed by atoms with Gasteiger partial charge in [-0.2, -0.15) is 4.98 Å². The van der Waals surface area contributed by atoms with Crippen LogP contribution in [0.4, 0.5) is 0 Å². The molecule has 1 unspecified atom stereocenters. The van der Waals surface area contributed by atoms with Crippen LogP contribution in [0.3, 0.4) is 0 Å². The second-order valence-corrected chi connectivity index (χ2v) is 7.47. The molecule has 3 rings (SSSR count). The molecule has 24 heavy (non-hydrogen) atoms. The van der Waals surface area contributed by atoms with E-state index in [1.54, 1.807) is 11.3 Å². The summed E-state index contributed by atoms with van der Waals surface area (Å²) in [6, 6.07) is -0.137. The van der Waals surface area contributed by atoms with Gasteiger partial charge in [0.2, 0.25) is 5.89 Å². The third-order valence-electron chi connectivity index (χ3n) is 4.26. The van der Waals surface area contributed by atoms with Crippen LogP contribution < -0.4 is 0 Å². The van der Waals surface area contributed by atoms with Crippen molar-refractivity contribution in [2.45, 2.75) is 64.8 Å². The maximum absolute atomic E-state index is 12.9. The summed E-state index contributed by atoms with van der Waals surface area (Å²) in [5.41, 5.74) is 0.541. The quantitative estimate of drug-likeness (QED) is 0.817. The van der Waals surface area contributed by atoms with E-state index in [1.165, 1.54) is 0 Å². The Bertz CT molecular complexity index is 694. The van der Waals surface area contributed by atoms with Gasteiger partial charge < -0.3 is 9.42 Å². The Labute approximate surface area is 146 Å². The van der Waals surface area contributed by atoms with Gasteiger partial charge in [-0.25, -0.2) is 4.98 Å². The van der Waals surface area contributed by atoms with Crippen molar-refractivity contribution in [2.24, 2.45) is 0 Å². The molecule has 0 spiro atoms. The second-order valence-electron chi connectivity index (χ2n) is 6.53. The van der Waals surface area contributed by atoms with Crippen molar-refractivity contribution in [3.05, 3.63) is 27.8 Å². The lowest BCUT2D eigenvalue weighted by atomic mass is 10.0. The molecule has 1 saturated heterocycles. The monoisotopic (exact) mass is 348 g/mol. The fourth-order valence-electron chi connectivity index (χ4n) is 2.93. The summed E-state index contributed by atoms with van der Waals surface area (Å²) in [5.74, 6) is 1.44. The molecule has 1 fully saturated rings. The minimum Gasteiger partial charge on any atom is -0.337 e. The van der Waals surface area contributed by atoms with Gasteiger partial charge in [0, 0.05) is 17.8 Å². The van der Waals surface area contributed by atoms with E-state index < -0.39 is 0 Å². The highest BCUT2D eigenvalue weighted by Gasteiger charge is 2.33. The number of thiazole rings is 1. The Balaban J connectivity index is 1.81. The lowest BCUT2D eigenvalue weighted by Crippen LogP contribution is -2.38. The number of likely N-dealkylation sites (tertiary alicyclic amines) is 1. The minimum atomic E-state index is -0.137. The first kappa shape index (κ1) is 17.1. The molecule has 1 amide bonds. The maximum atomic E-state index is 12.9. The Morgan fingerprint density at radius 2 is 2.25 bits per heavy atom. The fourth-order valence-corrected chi connectivity index (χ4v) is 3.81. The van der Waals surface area contributed by atoms with Crippen LogP contribution in [0, 0.1) is 0 Å². The third kappa shape index (κ3) is 3.50. The van der Waals surface area contributed by atoms with Crippen molar-refractivity contribution in [1.29, 1.82) is 0 Å². The van der Waals surface area contributed by atoms with Gasteiger partial charge >= 0.3 is 0 Å². The van der Waals surface area contributed by atoms with Crippen LogP contribution in [-0.4, -0.2) is 32.5 Å². The first-order valence-corrected chi connectivity index (χ1v) is 9.57. The summed E-state index contributed by atoms with van der Waals surface area (Å²) in [4.78, 5) is 23.8. The molecule has 2 aromatic heterocycles. The molecule has 6 nitrogen and oxygen atoms in total. The number of carbonyl (C=O) groups is 1. The molecule has 0 N–H and O–H groups in total. The Morgan fingerprint density at radius 1 is 1.42 bits per heavy atom. The molecule has 1 aliphatic heterocycles. The third-order valence-corrected chi connectivity index (χ3v) is 5.17. The second kappa shape index (κ2) is 7.42. The number of rotatable bonds is 5. The van der Waals surface area contributed by atoms with E-state index in [2.05, 4.69) is 22.0 Å². The zero-order valence-electron chi connectivity index (χ0n) is 14.5. The van der Waals surface area contributed by atoms with E-state index >= 15 is 0 Å². The van der Waals surface area contributed by atoms with Gasteiger partial charge in [0.25, 0.3) is 5.91 Å². The average Bonchev–Trinajstić information content (AvgIpc) is 3.24. The van der Waals surface area contributed by atoms with Crippen LogP contribution in [0.25, 0.3) is 0 Å². The highest BCUT2D eigenvalue weighted by Crippen LogP contribution is 2.32. The average molecular weight is 348 g/mol. The molecule has 2 aromatic rings. The molecule has 0 radical (unpaired) electrons. The highest BCUT2D eigenvalue weighted by molar-refractivity contribution is 7.09. The van der Waals surface area contributed by atoms with Crippen molar-refractivity contribution >= 4 is 17.2 Å². The van der Waals surface area contributed by atoms with Crippen molar-refractivity contribution in [3.63, 3.8) is 0 Å². The number of hydrogen-bond donors (Lipinski definition) is 0. The van der Waals surface area contributed by atoms with Gasteiger partial charge in [0.05, 0.1) is 5.01 Å². The maximum Gasteiger partial charge on any atom is 0.274 e. The number of aromatic nitrogens is 3. The van der Waals surface area contributed by atoms with E-state index in [1.807, 2.05) is 24.1 Å². The number of nitrogens with zero attached hydrogens (tertiary/aromatic N) is 4. The van der Waals surface area contributed by atoms with Crippen LogP contribution >= 0.6 is 11.3 Å². The largest absolute Gasteiger partial charge is 0.337 e. The standard InChI is InChI=1S/C17H24N4O2S/c1-4-7-14-18-12(10-24-14)17(22)21-9-6-5-8-13(21)16-19-15(11(2)3)20-23-16/h10-11,13H,4-9H2,1-3H3. The molecule has 3 heterocycles. The zero-order valence-corrected chi connectivity index (χ0v) is 15.3. The van der Waals surface area contributed by atoms with Gasteiger partial charge in [-0.3, -0.25) is 4.79 Å². The molecular weight excluding hydrogens is 324 g/mol. The van der Waals surface area contributed by atoms with Crippen molar-refractivity contribution in [1.82, 2.24) is 20.0 Å². The van der Waals surface area contributed by atoms with Crippen LogP contribution in [-0.2, 0) is 6.42 Å². The number of amides is 1. The summed E-state index contributed by atoms with van der Waals surface area (Å²) in [7, 11) is 0. The lowest BCUT2D eigenvalue weighted by molar-refractivity contribution is 0.0556. The van der Waals surface area contributed by atoms with Crippen LogP contribution in [0.5, 0.6) is 0 Å². The van der Waals surface area contributed by atoms with Gasteiger partial charge in [-0.1, -0.05) is 25.9 Å². The van der Waals surface area contributed by atoms with Crippen molar-refractivity contribution in [2.75, 3.05) is 6.54 Å². The normalized spacial score (nSPS) is 18.3. The van der Waals surface area contributed by atoms with Crippen LogP contribution in [0.1, 0.15) is 85.6 Å². The lowest BCUT2D eigenvalue weighted by Gasteiger charge is -2.32. The van der Waals surface area contributed by atoms with E-state index in [-0.39, 0.29) is 17.9 Å². The first-order valence-electron chi connectivity index (χ1n) is 8.69. The summed E-state index contributed by atoms with van der Waals surface area (Å²) in [6.07, 6.45) is 4.87. The van der Waals surface area contributed by atoms with Gasteiger partial charge in [-0.15, -0.1) is 11.3 Å². The van der Waals surface area contributed by atoms with E-state index in [0.717, 1.165) is 37.1 Å². The predicted octanol–water partition coefficient (Wildman–Crippen LogP) is 3.97. The highest BCUT2D eigenvalue weighted by atomic mass is 32.1. The molecule has 0 aliphatic carbocycles. The molecule has 0 aromatic carbocycles. The Kier molecular flexibility index (Phi) is 5.28. The van der Waals surface area contributed by atoms with Gasteiger partial charge in [0.1, 0.15) is 11.7 Å². The summed E-state index contributed by atoms with van der Waals surface area (Å²) < 4.78 is 5.45. The fraction of sp³-hybridized carbons (Fsp3) is 0.647. The number of piperidine rings is 1. The molecule has 7 heteroatoms. The van der Waals surface area contributed by atoms with Gasteiger partial charge in [0.15, 0.2) is 5.82 Å². The Hall–Kier alpha value is -1.76. The number of carbonyl (C=O) groups excluding carboxylic acids is 1. The molecule has 0 saturated carbocycles. The van der Waals surface area contributed by atoms with Crippen LogP contribution in [0.15, 0.2) is 9.90 Å². The summed E-state index contributed by atoms with van der Waals surface area (Å²) in [5, 5.41) is 6.94. The minimum absolute atomic E-state index is 0.0254. The summed E-state index contributed by atoms with van der Waals surface area (Å²) >= 11 is 1.56. The molecule has 1 aliphatic rings. The van der Waals surface area contributed by atoms with E-state index in [4.69, 9.17) is 4.52 Å². The van der Waals surface area contributed by atoms with Crippen molar-refractivity contribution < 1.29 is 9.32 Å². The van der Waals surface area contributed by atoms with E-state index in [9.17, 15) is 4.79 Å². The topological polar surface area (TPSA) is 72.1 Å². The molecule has 130 valence electrons. The number of hydrogen-bond acceptors (Lipinski definition) is 6. The number of aryl methyl sites for hydroxylation is 1. The zero-order chi connectivity index (χ0) is 17.1. The summed E-state index contributed by atoms with van der Waals surface area (Å²) in [6.45, 7) is 6.89.